The first-order chi connectivity index (χ1) is 38.1. The topological polar surface area (TPSA) is 14.2 Å². The zero-order valence-electron chi connectivity index (χ0n) is 45.4. The highest BCUT2D eigenvalue weighted by atomic mass is 19.4. The Hall–Kier alpha value is -9.13. The van der Waals surface area contributed by atoms with Gasteiger partial charge in [-0.15, -0.1) is 0 Å². The lowest BCUT2D eigenvalue weighted by Gasteiger charge is -2.22. The zero-order valence-corrected chi connectivity index (χ0v) is 45.4. The number of alkyl halides is 6. The molecule has 0 fully saturated rings. The Kier molecular flexibility index (Phi) is 12.3. The maximum atomic E-state index is 15.5. The molecule has 12 aromatic rings. The summed E-state index contributed by atoms with van der Waals surface area (Å²) in [6.45, 7) is 25.2. The van der Waals surface area contributed by atoms with Crippen molar-refractivity contribution < 1.29 is 26.3 Å². The number of hydrogen-bond acceptors (Lipinski definition) is 0. The Labute approximate surface area is 460 Å². The summed E-state index contributed by atoms with van der Waals surface area (Å²) in [4.78, 5) is 3.97. The second kappa shape index (κ2) is 19.1. The second-order valence-electron chi connectivity index (χ2n) is 21.8. The van der Waals surface area contributed by atoms with Gasteiger partial charge in [0.25, 0.3) is 0 Å². The van der Waals surface area contributed by atoms with Crippen molar-refractivity contribution in [2.45, 2.75) is 67.7 Å². The molecule has 2 aromatic heterocycles. The van der Waals surface area contributed by atoms with E-state index >= 15 is 13.2 Å². The van der Waals surface area contributed by atoms with Gasteiger partial charge >= 0.3 is 12.4 Å². The van der Waals surface area contributed by atoms with Crippen molar-refractivity contribution in [3.63, 3.8) is 0 Å². The molecule has 0 saturated carbocycles. The standard InChI is InChI=1S/C71H53F6N3/c1-39-20-40(2)25-51(24-39)47-10-15-57-58-16-11-48(52-26-41(3)21-42(4)27-52)33-65(58)79(64(57)32-47)68-37-61(56-19-14-55(70(72,73)74)36-62(56)71(75,76)77)63(78-9)38-69(68)80-66-34-49(53-28-43(5)22-44(6)29-53)12-17-59(66)60-18-13-50(35-67(60)80)54-30-45(7)23-46(8)31-54/h10-38H,1-8H3. The quantitative estimate of drug-likeness (QED) is 0.112. The van der Waals surface area contributed by atoms with Crippen molar-refractivity contribution in [1.29, 1.82) is 0 Å². The number of halogens is 6. The average molecular weight is 1060 g/mol. The summed E-state index contributed by atoms with van der Waals surface area (Å²) >= 11 is 0. The molecule has 0 unspecified atom stereocenters. The highest BCUT2D eigenvalue weighted by molar-refractivity contribution is 6.14. The predicted octanol–water partition coefficient (Wildman–Crippen LogP) is 21.3. The summed E-state index contributed by atoms with van der Waals surface area (Å²) in [5, 5.41) is 3.53. The van der Waals surface area contributed by atoms with Crippen LogP contribution in [0.1, 0.15) is 55.6 Å². The van der Waals surface area contributed by atoms with Crippen molar-refractivity contribution in [2.75, 3.05) is 0 Å². The molecule has 0 radical (unpaired) electrons. The Morgan fingerprint density at radius 1 is 0.312 bits per heavy atom. The first kappa shape index (κ1) is 51.6. The molecule has 12 rings (SSSR count). The molecule has 0 aliphatic rings. The molecule has 0 aliphatic heterocycles. The molecule has 394 valence electrons. The number of hydrogen-bond donors (Lipinski definition) is 0. The molecule has 0 atom stereocenters. The normalized spacial score (nSPS) is 12.1. The molecule has 9 heteroatoms. The number of fused-ring (bicyclic) bond motifs is 6. The lowest BCUT2D eigenvalue weighted by molar-refractivity contribution is -0.142. The predicted molar refractivity (Wildman–Crippen MR) is 316 cm³/mol. The molecular formula is C71H53F6N3. The van der Waals surface area contributed by atoms with Gasteiger partial charge in [0.1, 0.15) is 0 Å². The monoisotopic (exact) mass is 1060 g/mol. The number of benzene rings is 10. The van der Waals surface area contributed by atoms with Gasteiger partial charge in [-0.1, -0.05) is 172 Å². The zero-order chi connectivity index (χ0) is 56.3. The summed E-state index contributed by atoms with van der Waals surface area (Å²) < 4.78 is 93.8. The van der Waals surface area contributed by atoms with Crippen molar-refractivity contribution in [1.82, 2.24) is 9.13 Å². The maximum Gasteiger partial charge on any atom is 0.416 e. The van der Waals surface area contributed by atoms with Gasteiger partial charge in [-0.2, -0.15) is 26.3 Å². The van der Waals surface area contributed by atoms with Crippen LogP contribution < -0.4 is 0 Å². The largest absolute Gasteiger partial charge is 0.416 e. The van der Waals surface area contributed by atoms with Gasteiger partial charge in [0.2, 0.25) is 0 Å². The Morgan fingerprint density at radius 3 is 0.912 bits per heavy atom. The van der Waals surface area contributed by atoms with Gasteiger partial charge in [-0.3, -0.25) is 0 Å². The fraction of sp³-hybridized carbons (Fsp3) is 0.141. The fourth-order valence-electron chi connectivity index (χ4n) is 12.3. The van der Waals surface area contributed by atoms with E-state index in [9.17, 15) is 13.2 Å². The third kappa shape index (κ3) is 9.18. The van der Waals surface area contributed by atoms with Crippen LogP contribution in [-0.4, -0.2) is 9.13 Å². The smallest absolute Gasteiger partial charge is 0.308 e. The Bertz CT molecular complexity index is 4310. The van der Waals surface area contributed by atoms with E-state index in [2.05, 4.69) is 187 Å². The number of aryl methyl sites for hydroxylation is 8. The minimum atomic E-state index is -5.23. The van der Waals surface area contributed by atoms with Crippen LogP contribution in [0.3, 0.4) is 0 Å². The van der Waals surface area contributed by atoms with E-state index < -0.39 is 29.0 Å². The van der Waals surface area contributed by atoms with Crippen LogP contribution in [0.4, 0.5) is 32.0 Å². The van der Waals surface area contributed by atoms with Gasteiger partial charge in [-0.25, -0.2) is 4.85 Å². The molecule has 0 spiro atoms. The van der Waals surface area contributed by atoms with E-state index in [-0.39, 0.29) is 17.3 Å². The third-order valence-electron chi connectivity index (χ3n) is 15.4. The van der Waals surface area contributed by atoms with Crippen molar-refractivity contribution in [2.24, 2.45) is 0 Å². The number of rotatable bonds is 7. The van der Waals surface area contributed by atoms with E-state index in [4.69, 9.17) is 6.57 Å². The average Bonchev–Trinajstić information content (AvgIpc) is 4.08. The molecule has 3 nitrogen and oxygen atoms in total. The fourth-order valence-corrected chi connectivity index (χ4v) is 12.3. The van der Waals surface area contributed by atoms with Crippen molar-refractivity contribution >= 4 is 49.3 Å². The van der Waals surface area contributed by atoms with Crippen LogP contribution in [-0.2, 0) is 12.4 Å². The molecule has 0 aliphatic carbocycles. The number of nitrogens with zero attached hydrogens (tertiary/aromatic N) is 3. The lowest BCUT2D eigenvalue weighted by Crippen LogP contribution is -2.12. The summed E-state index contributed by atoms with van der Waals surface area (Å²) in [7, 11) is 0. The molecule has 0 amide bonds. The van der Waals surface area contributed by atoms with E-state index in [0.717, 1.165) is 139 Å². The van der Waals surface area contributed by atoms with Crippen LogP contribution in [0.25, 0.3) is 115 Å². The Morgan fingerprint density at radius 2 is 0.625 bits per heavy atom. The van der Waals surface area contributed by atoms with E-state index in [0.29, 0.717) is 17.4 Å². The first-order valence-electron chi connectivity index (χ1n) is 26.4. The van der Waals surface area contributed by atoms with Crippen molar-refractivity contribution in [3.8, 4) is 67.0 Å². The van der Waals surface area contributed by atoms with Gasteiger partial charge in [-0.05, 0) is 160 Å². The van der Waals surface area contributed by atoms with Crippen molar-refractivity contribution in [3.05, 3.63) is 243 Å². The SMILES string of the molecule is [C-]#[N+]c1cc(-n2c3cc(-c4cc(C)cc(C)c4)ccc3c3ccc(-c4cc(C)cc(C)c4)cc32)c(-n2c3cc(-c4cc(C)cc(C)c4)ccc3c3ccc(-c4cc(C)cc(C)c4)cc32)cc1-c1ccc(C(F)(F)F)cc1C(F)(F)F. The molecule has 0 bridgehead atoms. The van der Waals surface area contributed by atoms with E-state index in [1.165, 1.54) is 0 Å². The molecule has 10 aromatic carbocycles. The van der Waals surface area contributed by atoms with Gasteiger partial charge in [0.05, 0.1) is 51.1 Å². The van der Waals surface area contributed by atoms with E-state index in [1.54, 1.807) is 12.1 Å². The molecule has 2 heterocycles. The van der Waals surface area contributed by atoms with Gasteiger partial charge < -0.3 is 9.13 Å². The maximum absolute atomic E-state index is 15.5. The summed E-state index contributed by atoms with van der Waals surface area (Å²) in [5.41, 5.74) is 16.3. The highest BCUT2D eigenvalue weighted by Crippen LogP contribution is 2.49. The minimum Gasteiger partial charge on any atom is -0.308 e. The van der Waals surface area contributed by atoms with Crippen LogP contribution in [0.2, 0.25) is 0 Å². The summed E-state index contributed by atoms with van der Waals surface area (Å²) in [5.74, 6) is 0. The van der Waals surface area contributed by atoms with Crippen LogP contribution >= 0.6 is 0 Å². The molecule has 80 heavy (non-hydrogen) atoms. The third-order valence-corrected chi connectivity index (χ3v) is 15.4. The van der Waals surface area contributed by atoms with Gasteiger partial charge in [0.15, 0.2) is 5.69 Å². The van der Waals surface area contributed by atoms with Crippen LogP contribution in [0.5, 0.6) is 0 Å². The summed E-state index contributed by atoms with van der Waals surface area (Å²) in [6, 6.07) is 55.6. The first-order valence-corrected chi connectivity index (χ1v) is 26.4. The minimum absolute atomic E-state index is 0.152. The van der Waals surface area contributed by atoms with Crippen LogP contribution in [0.15, 0.2) is 176 Å². The molecule has 0 N–H and O–H groups in total. The summed E-state index contributed by atoms with van der Waals surface area (Å²) in [6.07, 6.45) is -10.3. The second-order valence-corrected chi connectivity index (χ2v) is 21.8. The molecular weight excluding hydrogens is 1010 g/mol. The Balaban J connectivity index is 1.29. The highest BCUT2D eigenvalue weighted by Gasteiger charge is 2.39. The van der Waals surface area contributed by atoms with Crippen LogP contribution in [0, 0.1) is 62.0 Å². The number of aromatic nitrogens is 2. The van der Waals surface area contributed by atoms with E-state index in [1.807, 2.05) is 27.7 Å². The molecule has 0 saturated heterocycles. The van der Waals surface area contributed by atoms with Gasteiger partial charge in [0, 0.05) is 21.5 Å². The lowest BCUT2D eigenvalue weighted by atomic mass is 9.94.